The molecule has 0 aliphatic carbocycles. The molecule has 0 saturated carbocycles. The van der Waals surface area contributed by atoms with Gasteiger partial charge in [-0.15, -0.1) is 0 Å². The van der Waals surface area contributed by atoms with E-state index in [1.54, 1.807) is 0 Å². The number of aliphatic hydroxyl groups excluding tert-OH is 1. The third kappa shape index (κ3) is 4.91. The molecule has 1 aliphatic heterocycles. The summed E-state index contributed by atoms with van der Waals surface area (Å²) in [6.07, 6.45) is -3.89. The van der Waals surface area contributed by atoms with Crippen molar-refractivity contribution in [3.63, 3.8) is 0 Å². The number of nitrogens with zero attached hydrogens (tertiary/aromatic N) is 1. The molecule has 0 spiro atoms. The molecule has 2 N–H and O–H groups in total. The van der Waals surface area contributed by atoms with Crippen LogP contribution in [0.3, 0.4) is 0 Å². The van der Waals surface area contributed by atoms with Crippen LogP contribution in [-0.4, -0.2) is 54.4 Å². The van der Waals surface area contributed by atoms with Gasteiger partial charge >= 0.3 is 12.1 Å². The number of rotatable bonds is 5. The fourth-order valence-electron chi connectivity index (χ4n) is 3.02. The number of amides is 1. The minimum absolute atomic E-state index is 0.00251. The van der Waals surface area contributed by atoms with E-state index in [-0.39, 0.29) is 19.1 Å². The average molecular weight is 348 g/mol. The molecule has 8 heteroatoms. The number of carbonyl (C=O) groups is 1. The fourth-order valence-corrected chi connectivity index (χ4v) is 3.02. The van der Waals surface area contributed by atoms with E-state index < -0.39 is 23.9 Å². The topological polar surface area (TPSA) is 52.6 Å². The maximum absolute atomic E-state index is 13.1. The molecule has 1 saturated heterocycles. The number of likely N-dealkylation sites (tertiary alicyclic amines) is 1. The smallest absolute Gasteiger partial charge is 0.396 e. The van der Waals surface area contributed by atoms with Crippen molar-refractivity contribution >= 4 is 5.91 Å². The van der Waals surface area contributed by atoms with Crippen molar-refractivity contribution in [2.24, 2.45) is 0 Å². The van der Waals surface area contributed by atoms with Crippen LogP contribution in [0, 0.1) is 5.82 Å². The van der Waals surface area contributed by atoms with E-state index in [0.29, 0.717) is 31.5 Å². The first-order valence-corrected chi connectivity index (χ1v) is 7.77. The van der Waals surface area contributed by atoms with E-state index in [9.17, 15) is 22.4 Å². The van der Waals surface area contributed by atoms with Gasteiger partial charge in [0, 0.05) is 31.7 Å². The highest BCUT2D eigenvalue weighted by molar-refractivity contribution is 5.82. The molecule has 134 valence electrons. The zero-order valence-corrected chi connectivity index (χ0v) is 13.0. The van der Waals surface area contributed by atoms with Crippen LogP contribution in [0.4, 0.5) is 17.6 Å². The SMILES string of the molecule is O=C(N[C@H]1CN(CCCO)CC[C@H]1c1ccc(F)cc1)C(F)(F)F. The molecule has 2 rings (SSSR count). The van der Waals surface area contributed by atoms with Gasteiger partial charge in [0.1, 0.15) is 5.82 Å². The molecular weight excluding hydrogens is 328 g/mol. The van der Waals surface area contributed by atoms with Gasteiger partial charge in [-0.1, -0.05) is 12.1 Å². The zero-order valence-electron chi connectivity index (χ0n) is 13.0. The first-order chi connectivity index (χ1) is 11.3. The Morgan fingerprint density at radius 1 is 1.29 bits per heavy atom. The van der Waals surface area contributed by atoms with Crippen LogP contribution in [0.15, 0.2) is 24.3 Å². The zero-order chi connectivity index (χ0) is 17.7. The summed E-state index contributed by atoms with van der Waals surface area (Å²) in [5.74, 6) is -2.71. The highest BCUT2D eigenvalue weighted by Gasteiger charge is 2.42. The Kier molecular flexibility index (Phi) is 6.17. The number of hydrogen-bond donors (Lipinski definition) is 2. The Labute approximate surface area is 137 Å². The van der Waals surface area contributed by atoms with Crippen molar-refractivity contribution in [1.29, 1.82) is 0 Å². The number of piperidine rings is 1. The molecule has 1 aromatic carbocycles. The summed E-state index contributed by atoms with van der Waals surface area (Å²) in [6, 6.07) is 4.87. The van der Waals surface area contributed by atoms with Crippen molar-refractivity contribution in [3.05, 3.63) is 35.6 Å². The predicted molar refractivity (Wildman–Crippen MR) is 79.9 cm³/mol. The number of hydrogen-bond acceptors (Lipinski definition) is 3. The van der Waals surface area contributed by atoms with Gasteiger partial charge in [0.2, 0.25) is 0 Å². The van der Waals surface area contributed by atoms with Gasteiger partial charge in [0.05, 0.1) is 0 Å². The fraction of sp³-hybridized carbons (Fsp3) is 0.562. The molecule has 4 nitrogen and oxygen atoms in total. The second-order valence-electron chi connectivity index (χ2n) is 5.90. The molecule has 0 radical (unpaired) electrons. The Hall–Kier alpha value is -1.67. The summed E-state index contributed by atoms with van der Waals surface area (Å²) in [5, 5.41) is 11.0. The lowest BCUT2D eigenvalue weighted by atomic mass is 9.85. The molecule has 1 amide bonds. The monoisotopic (exact) mass is 348 g/mol. The first kappa shape index (κ1) is 18.7. The van der Waals surface area contributed by atoms with E-state index in [4.69, 9.17) is 5.11 Å². The maximum atomic E-state index is 13.1. The molecule has 24 heavy (non-hydrogen) atoms. The molecule has 1 heterocycles. The molecule has 1 fully saturated rings. The molecule has 2 atom stereocenters. The van der Waals surface area contributed by atoms with Crippen molar-refractivity contribution in [2.75, 3.05) is 26.2 Å². The Bertz CT molecular complexity index is 548. The Morgan fingerprint density at radius 2 is 1.96 bits per heavy atom. The normalized spacial score (nSPS) is 22.4. The van der Waals surface area contributed by atoms with E-state index in [1.807, 2.05) is 4.90 Å². The van der Waals surface area contributed by atoms with Crippen LogP contribution in [0.1, 0.15) is 24.3 Å². The van der Waals surface area contributed by atoms with Gasteiger partial charge in [-0.3, -0.25) is 4.79 Å². The molecule has 0 bridgehead atoms. The second kappa shape index (κ2) is 7.94. The van der Waals surface area contributed by atoms with Gasteiger partial charge in [-0.05, 0) is 37.1 Å². The van der Waals surface area contributed by atoms with Crippen LogP contribution in [0.2, 0.25) is 0 Å². The molecule has 0 unspecified atom stereocenters. The molecule has 1 aliphatic rings. The lowest BCUT2D eigenvalue weighted by Gasteiger charge is -2.39. The van der Waals surface area contributed by atoms with E-state index in [0.717, 1.165) is 0 Å². The van der Waals surface area contributed by atoms with Crippen molar-refractivity contribution < 1.29 is 27.5 Å². The lowest BCUT2D eigenvalue weighted by Crippen LogP contribution is -2.54. The lowest BCUT2D eigenvalue weighted by molar-refractivity contribution is -0.174. The number of alkyl halides is 3. The summed E-state index contributed by atoms with van der Waals surface area (Å²) in [4.78, 5) is 13.2. The molecule has 1 aromatic rings. The van der Waals surface area contributed by atoms with Crippen LogP contribution in [-0.2, 0) is 4.79 Å². The largest absolute Gasteiger partial charge is 0.471 e. The van der Waals surface area contributed by atoms with Gasteiger partial charge in [0.25, 0.3) is 0 Å². The third-order valence-electron chi connectivity index (χ3n) is 4.20. The van der Waals surface area contributed by atoms with Crippen molar-refractivity contribution in [2.45, 2.75) is 31.0 Å². The number of benzene rings is 1. The summed E-state index contributed by atoms with van der Waals surface area (Å²) < 4.78 is 50.8. The summed E-state index contributed by atoms with van der Waals surface area (Å²) in [5.41, 5.74) is 0.700. The number of aliphatic hydroxyl groups is 1. The van der Waals surface area contributed by atoms with Crippen LogP contribution < -0.4 is 5.32 Å². The summed E-state index contributed by atoms with van der Waals surface area (Å²) in [7, 11) is 0. The third-order valence-corrected chi connectivity index (χ3v) is 4.20. The summed E-state index contributed by atoms with van der Waals surface area (Å²) in [6.45, 7) is 1.44. The second-order valence-corrected chi connectivity index (χ2v) is 5.90. The standard InChI is InChI=1S/C16H20F4N2O2/c17-12-4-2-11(3-5-12)13-6-8-22(7-1-9-23)10-14(13)21-15(24)16(18,19)20/h2-5,13-14,23H,1,6-10H2,(H,21,24)/t13-,14-/m0/s1. The van der Waals surface area contributed by atoms with Crippen LogP contribution in [0.25, 0.3) is 0 Å². The quantitative estimate of drug-likeness (QED) is 0.801. The first-order valence-electron chi connectivity index (χ1n) is 7.77. The molecule has 0 aromatic heterocycles. The van der Waals surface area contributed by atoms with Crippen molar-refractivity contribution in [3.8, 4) is 0 Å². The number of halogens is 4. The van der Waals surface area contributed by atoms with Gasteiger partial charge in [-0.25, -0.2) is 4.39 Å². The van der Waals surface area contributed by atoms with E-state index >= 15 is 0 Å². The van der Waals surface area contributed by atoms with Crippen LogP contribution in [0.5, 0.6) is 0 Å². The highest BCUT2D eigenvalue weighted by atomic mass is 19.4. The number of carbonyl (C=O) groups excluding carboxylic acids is 1. The summed E-state index contributed by atoms with van der Waals surface area (Å²) >= 11 is 0. The molecular formula is C16H20F4N2O2. The van der Waals surface area contributed by atoms with Gasteiger partial charge in [0.15, 0.2) is 0 Å². The van der Waals surface area contributed by atoms with E-state index in [1.165, 1.54) is 24.3 Å². The Morgan fingerprint density at radius 3 is 2.54 bits per heavy atom. The predicted octanol–water partition coefficient (Wildman–Crippen LogP) is 2.04. The van der Waals surface area contributed by atoms with Crippen molar-refractivity contribution in [1.82, 2.24) is 10.2 Å². The van der Waals surface area contributed by atoms with Gasteiger partial charge in [-0.2, -0.15) is 13.2 Å². The van der Waals surface area contributed by atoms with Crippen LogP contribution >= 0.6 is 0 Å². The highest BCUT2D eigenvalue weighted by Crippen LogP contribution is 2.29. The van der Waals surface area contributed by atoms with E-state index in [2.05, 4.69) is 5.32 Å². The maximum Gasteiger partial charge on any atom is 0.471 e. The minimum Gasteiger partial charge on any atom is -0.396 e. The number of nitrogens with one attached hydrogen (secondary N) is 1. The average Bonchev–Trinajstić information content (AvgIpc) is 2.53. The Balaban J connectivity index is 2.14. The minimum atomic E-state index is -4.94. The van der Waals surface area contributed by atoms with Gasteiger partial charge < -0.3 is 15.3 Å².